The highest BCUT2D eigenvalue weighted by molar-refractivity contribution is 7.27. The third-order valence-electron chi connectivity index (χ3n) is 10.1. The molecule has 0 aliphatic heterocycles. The number of aromatic nitrogens is 1. The fourth-order valence-electron chi connectivity index (χ4n) is 8.24. The molecule has 11 rings (SSSR count). The van der Waals surface area contributed by atoms with Gasteiger partial charge in [-0.1, -0.05) is 127 Å². The van der Waals surface area contributed by atoms with Crippen molar-refractivity contribution in [1.29, 1.82) is 0 Å². The van der Waals surface area contributed by atoms with Gasteiger partial charge in [-0.3, -0.25) is 0 Å². The first-order valence-electron chi connectivity index (χ1n) is 15.9. The summed E-state index contributed by atoms with van der Waals surface area (Å²) in [5, 5.41) is 18.4. The molecule has 0 saturated heterocycles. The number of thiophene rings is 1. The summed E-state index contributed by atoms with van der Waals surface area (Å²) < 4.78 is 5.21. The quantitative estimate of drug-likeness (QED) is 0.165. The first kappa shape index (κ1) is 24.6. The van der Waals surface area contributed by atoms with E-state index in [2.05, 4.69) is 156 Å². The molecular weight excluding hydrogens is 575 g/mol. The molecule has 0 unspecified atom stereocenters. The van der Waals surface area contributed by atoms with Crippen LogP contribution in [0.15, 0.2) is 152 Å². The molecule has 0 aliphatic carbocycles. The summed E-state index contributed by atoms with van der Waals surface area (Å²) in [4.78, 5) is 0. The average molecular weight is 600 g/mol. The van der Waals surface area contributed by atoms with Crippen LogP contribution in [0.25, 0.3) is 102 Å². The van der Waals surface area contributed by atoms with Crippen LogP contribution in [0.2, 0.25) is 0 Å². The molecular formula is C44H25NS. The van der Waals surface area contributed by atoms with Crippen LogP contribution in [0.5, 0.6) is 0 Å². The average Bonchev–Trinajstić information content (AvgIpc) is 3.68. The van der Waals surface area contributed by atoms with Gasteiger partial charge in [0.25, 0.3) is 0 Å². The van der Waals surface area contributed by atoms with Crippen molar-refractivity contribution in [2.75, 3.05) is 0 Å². The van der Waals surface area contributed by atoms with E-state index >= 15 is 0 Å². The lowest BCUT2D eigenvalue weighted by Crippen LogP contribution is -1.95. The molecule has 11 aromatic rings. The van der Waals surface area contributed by atoms with E-state index in [4.69, 9.17) is 0 Å². The van der Waals surface area contributed by atoms with Crippen LogP contribution >= 0.6 is 11.3 Å². The molecule has 0 N–H and O–H groups in total. The summed E-state index contributed by atoms with van der Waals surface area (Å²) in [5.41, 5.74) is 3.73. The van der Waals surface area contributed by atoms with Gasteiger partial charge in [0, 0.05) is 42.7 Å². The van der Waals surface area contributed by atoms with Crippen LogP contribution in [0.3, 0.4) is 0 Å². The first-order valence-corrected chi connectivity index (χ1v) is 16.7. The Morgan fingerprint density at radius 3 is 1.72 bits per heavy atom. The van der Waals surface area contributed by atoms with E-state index in [0.29, 0.717) is 0 Å². The van der Waals surface area contributed by atoms with Crippen LogP contribution < -0.4 is 0 Å². The molecule has 2 heteroatoms. The Balaban J connectivity index is 1.44. The van der Waals surface area contributed by atoms with Gasteiger partial charge in [-0.15, -0.1) is 11.3 Å². The molecule has 0 atom stereocenters. The molecule has 0 fully saturated rings. The van der Waals surface area contributed by atoms with Gasteiger partial charge in [-0.25, -0.2) is 0 Å². The topological polar surface area (TPSA) is 4.93 Å². The Morgan fingerprint density at radius 1 is 0.370 bits per heavy atom. The van der Waals surface area contributed by atoms with Gasteiger partial charge in [0.05, 0.1) is 15.7 Å². The number of fused-ring (bicyclic) bond motifs is 18. The van der Waals surface area contributed by atoms with Crippen molar-refractivity contribution in [3.63, 3.8) is 0 Å². The first-order chi connectivity index (χ1) is 22.8. The highest BCUT2D eigenvalue weighted by Gasteiger charge is 2.24. The minimum Gasteiger partial charge on any atom is -0.308 e. The van der Waals surface area contributed by atoms with Crippen LogP contribution in [0, 0.1) is 0 Å². The van der Waals surface area contributed by atoms with E-state index in [1.54, 1.807) is 0 Å². The van der Waals surface area contributed by atoms with E-state index < -0.39 is 0 Å². The lowest BCUT2D eigenvalue weighted by molar-refractivity contribution is 1.19. The summed E-state index contributed by atoms with van der Waals surface area (Å²) in [6, 6.07) is 56.2. The van der Waals surface area contributed by atoms with Gasteiger partial charge >= 0.3 is 0 Å². The number of hydrogen-bond acceptors (Lipinski definition) is 1. The van der Waals surface area contributed by atoms with Crippen molar-refractivity contribution in [1.82, 2.24) is 4.57 Å². The smallest absolute Gasteiger partial charge is 0.0726 e. The van der Waals surface area contributed by atoms with Gasteiger partial charge in [0.2, 0.25) is 0 Å². The van der Waals surface area contributed by atoms with Crippen LogP contribution in [0.1, 0.15) is 0 Å². The third-order valence-corrected chi connectivity index (χ3v) is 11.3. The summed E-state index contributed by atoms with van der Waals surface area (Å²) in [6.07, 6.45) is 0. The Labute approximate surface area is 268 Å². The molecule has 0 radical (unpaired) electrons. The number of nitrogens with zero attached hydrogens (tertiary/aromatic N) is 1. The van der Waals surface area contributed by atoms with E-state index in [1.807, 2.05) is 11.3 Å². The van der Waals surface area contributed by atoms with Gasteiger partial charge in [0.15, 0.2) is 0 Å². The zero-order chi connectivity index (χ0) is 29.9. The number of para-hydroxylation sites is 1. The highest BCUT2D eigenvalue weighted by Crippen LogP contribution is 2.51. The standard InChI is InChI=1S/C44H25NS/c1-2-12-29-26(11-1)21-22-27-25-28(23-24-30(27)29)45-37-19-9-7-17-35(37)41-39-33-15-5-3-13-31(33)32-14-4-6-16-34(32)40(39)42-36-18-8-10-20-38(36)46-44(42)43(41)45/h1-25H. The minimum absolute atomic E-state index is 1.19. The molecule has 0 aliphatic rings. The second-order valence-corrected chi connectivity index (χ2v) is 13.5. The Morgan fingerprint density at radius 2 is 0.935 bits per heavy atom. The molecule has 0 bridgehead atoms. The predicted molar refractivity (Wildman–Crippen MR) is 201 cm³/mol. The molecule has 46 heavy (non-hydrogen) atoms. The zero-order valence-electron chi connectivity index (χ0n) is 24.8. The van der Waals surface area contributed by atoms with Crippen molar-refractivity contribution in [3.05, 3.63) is 152 Å². The summed E-state index contributed by atoms with van der Waals surface area (Å²) in [6.45, 7) is 0. The number of rotatable bonds is 1. The highest BCUT2D eigenvalue weighted by atomic mass is 32.1. The normalized spacial score (nSPS) is 12.3. The van der Waals surface area contributed by atoms with E-state index in [9.17, 15) is 0 Å². The molecule has 0 saturated carbocycles. The lowest BCUT2D eigenvalue weighted by Gasteiger charge is -2.15. The molecule has 2 aromatic heterocycles. The summed E-state index contributed by atoms with van der Waals surface area (Å²) in [5.74, 6) is 0. The van der Waals surface area contributed by atoms with Gasteiger partial charge in [0.1, 0.15) is 0 Å². The molecule has 2 heterocycles. The minimum atomic E-state index is 1.19. The number of benzene rings is 9. The summed E-state index contributed by atoms with van der Waals surface area (Å²) in [7, 11) is 0. The fraction of sp³-hybridized carbons (Fsp3) is 0. The van der Waals surface area contributed by atoms with E-state index in [-0.39, 0.29) is 0 Å². The predicted octanol–water partition coefficient (Wildman–Crippen LogP) is 12.9. The molecule has 0 spiro atoms. The second-order valence-electron chi connectivity index (χ2n) is 12.4. The van der Waals surface area contributed by atoms with Crippen molar-refractivity contribution in [3.8, 4) is 5.69 Å². The molecule has 0 amide bonds. The van der Waals surface area contributed by atoms with Crippen molar-refractivity contribution < 1.29 is 0 Å². The van der Waals surface area contributed by atoms with Crippen LogP contribution in [-0.2, 0) is 0 Å². The number of hydrogen-bond donors (Lipinski definition) is 0. The van der Waals surface area contributed by atoms with Crippen molar-refractivity contribution >= 4 is 107 Å². The van der Waals surface area contributed by atoms with E-state index in [1.165, 1.54) is 102 Å². The van der Waals surface area contributed by atoms with Crippen LogP contribution in [0.4, 0.5) is 0 Å². The van der Waals surface area contributed by atoms with Crippen molar-refractivity contribution in [2.45, 2.75) is 0 Å². The van der Waals surface area contributed by atoms with Gasteiger partial charge < -0.3 is 4.57 Å². The Hall–Kier alpha value is -5.70. The van der Waals surface area contributed by atoms with Gasteiger partial charge in [-0.05, 0) is 67.4 Å². The maximum absolute atomic E-state index is 2.54. The SMILES string of the molecule is c1ccc2c(c1)ccc1cc(-n3c4ccccc4c4c5c6ccccc6c6ccccc6c5c5c6ccccc6sc5c43)ccc12. The molecule has 9 aromatic carbocycles. The van der Waals surface area contributed by atoms with Crippen LogP contribution in [-0.4, -0.2) is 4.57 Å². The lowest BCUT2D eigenvalue weighted by atomic mass is 9.89. The Bertz CT molecular complexity index is 3080. The molecule has 1 nitrogen and oxygen atoms in total. The Kier molecular flexibility index (Phi) is 4.78. The van der Waals surface area contributed by atoms with Crippen molar-refractivity contribution in [2.24, 2.45) is 0 Å². The summed E-state index contributed by atoms with van der Waals surface area (Å²) >= 11 is 1.93. The van der Waals surface area contributed by atoms with E-state index in [0.717, 1.165) is 0 Å². The monoisotopic (exact) mass is 599 g/mol. The maximum Gasteiger partial charge on any atom is 0.0726 e. The third kappa shape index (κ3) is 3.09. The van der Waals surface area contributed by atoms with Gasteiger partial charge in [-0.2, -0.15) is 0 Å². The second kappa shape index (κ2) is 8.94. The molecule has 212 valence electrons. The zero-order valence-corrected chi connectivity index (χ0v) is 25.6. The maximum atomic E-state index is 2.54. The fourth-order valence-corrected chi connectivity index (χ4v) is 9.49. The largest absolute Gasteiger partial charge is 0.308 e.